The maximum atomic E-state index is 13.6. The molecule has 0 bridgehead atoms. The zero-order valence-corrected chi connectivity index (χ0v) is 14.3. The van der Waals surface area contributed by atoms with Crippen molar-refractivity contribution in [3.8, 4) is 0 Å². The van der Waals surface area contributed by atoms with Crippen LogP contribution < -0.4 is 15.4 Å². The van der Waals surface area contributed by atoms with E-state index in [9.17, 15) is 17.6 Å². The molecule has 1 aromatic rings. The van der Waals surface area contributed by atoms with Crippen LogP contribution in [0.25, 0.3) is 0 Å². The molecule has 1 heterocycles. The van der Waals surface area contributed by atoms with Crippen LogP contribution in [-0.4, -0.2) is 39.5 Å². The molecule has 2 rings (SSSR count). The Morgan fingerprint density at radius 1 is 1.39 bits per heavy atom. The lowest BCUT2D eigenvalue weighted by atomic mass is 10.1. The monoisotopic (exact) mass is 365 g/mol. The molecule has 1 unspecified atom stereocenters. The zero-order chi connectivity index (χ0) is 16.2. The summed E-state index contributed by atoms with van der Waals surface area (Å²) in [4.78, 5) is 11.6. The highest BCUT2D eigenvalue weighted by Gasteiger charge is 2.26. The minimum atomic E-state index is -4.08. The average Bonchev–Trinajstić information content (AvgIpc) is 2.48. The highest BCUT2D eigenvalue weighted by molar-refractivity contribution is 7.89. The largest absolute Gasteiger partial charge is 0.351 e. The summed E-state index contributed by atoms with van der Waals surface area (Å²) >= 11 is 0. The maximum Gasteiger partial charge on any atom is 0.244 e. The van der Waals surface area contributed by atoms with Gasteiger partial charge in [-0.3, -0.25) is 4.79 Å². The zero-order valence-electron chi connectivity index (χ0n) is 12.7. The second kappa shape index (κ2) is 8.58. The summed E-state index contributed by atoms with van der Waals surface area (Å²) in [6.45, 7) is 3.02. The number of sulfonamides is 1. The molecule has 3 N–H and O–H groups in total. The Morgan fingerprint density at radius 2 is 2.09 bits per heavy atom. The molecular weight excluding hydrogens is 345 g/mol. The molecule has 1 fully saturated rings. The van der Waals surface area contributed by atoms with E-state index in [-0.39, 0.29) is 18.4 Å². The van der Waals surface area contributed by atoms with E-state index < -0.39 is 32.7 Å². The molecule has 2 atom stereocenters. The molecule has 130 valence electrons. The van der Waals surface area contributed by atoms with Crippen LogP contribution in [0.5, 0.6) is 0 Å². The van der Waals surface area contributed by atoms with E-state index in [4.69, 9.17) is 0 Å². The van der Waals surface area contributed by atoms with Gasteiger partial charge in [0.2, 0.25) is 15.9 Å². The minimum absolute atomic E-state index is 0. The smallest absolute Gasteiger partial charge is 0.244 e. The molecule has 0 spiro atoms. The van der Waals surface area contributed by atoms with E-state index in [0.717, 1.165) is 31.5 Å². The fourth-order valence-corrected chi connectivity index (χ4v) is 3.60. The van der Waals surface area contributed by atoms with E-state index >= 15 is 0 Å². The molecule has 1 aromatic carbocycles. The van der Waals surface area contributed by atoms with Crippen molar-refractivity contribution in [2.75, 3.05) is 13.1 Å². The molecule has 0 radical (unpaired) electrons. The quantitative estimate of drug-likeness (QED) is 0.719. The fourth-order valence-electron chi connectivity index (χ4n) is 2.31. The highest BCUT2D eigenvalue weighted by Crippen LogP contribution is 2.13. The Morgan fingerprint density at radius 3 is 2.70 bits per heavy atom. The number of rotatable bonds is 5. The highest BCUT2D eigenvalue weighted by atomic mass is 35.5. The fraction of sp³-hybridized carbons (Fsp3) is 0.500. The summed E-state index contributed by atoms with van der Waals surface area (Å²) in [5.74, 6) is -1.27. The summed E-state index contributed by atoms with van der Waals surface area (Å²) in [5.41, 5.74) is 0. The van der Waals surface area contributed by atoms with Gasteiger partial charge >= 0.3 is 0 Å². The standard InChI is InChI=1S/C14H20FN3O3S.ClH/c1-10(14(19)17-11-5-4-8-16-9-11)18-22(20,21)13-7-3-2-6-12(13)15;/h2-3,6-7,10-11,16,18H,4-5,8-9H2,1H3,(H,17,19);1H/t10?,11-;/m0./s1. The van der Waals surface area contributed by atoms with Crippen LogP contribution in [0, 0.1) is 5.82 Å². The topological polar surface area (TPSA) is 87.3 Å². The maximum absolute atomic E-state index is 13.6. The van der Waals surface area contributed by atoms with Crippen LogP contribution in [0.1, 0.15) is 19.8 Å². The van der Waals surface area contributed by atoms with Gasteiger partial charge < -0.3 is 10.6 Å². The average molecular weight is 366 g/mol. The number of nitrogens with one attached hydrogen (secondary N) is 3. The molecule has 1 aliphatic rings. The van der Waals surface area contributed by atoms with Crippen molar-refractivity contribution >= 4 is 28.3 Å². The van der Waals surface area contributed by atoms with Gasteiger partial charge in [0.05, 0.1) is 6.04 Å². The van der Waals surface area contributed by atoms with Crippen molar-refractivity contribution in [1.29, 1.82) is 0 Å². The van der Waals surface area contributed by atoms with Crippen molar-refractivity contribution < 1.29 is 17.6 Å². The van der Waals surface area contributed by atoms with Gasteiger partial charge in [0.1, 0.15) is 10.7 Å². The first kappa shape index (κ1) is 19.8. The van der Waals surface area contributed by atoms with Gasteiger partial charge in [-0.1, -0.05) is 12.1 Å². The lowest BCUT2D eigenvalue weighted by Crippen LogP contribution is -2.52. The van der Waals surface area contributed by atoms with Gasteiger partial charge in [0.15, 0.2) is 0 Å². The van der Waals surface area contributed by atoms with Gasteiger partial charge in [0, 0.05) is 12.6 Å². The number of hydrogen-bond acceptors (Lipinski definition) is 4. The third-order valence-electron chi connectivity index (χ3n) is 3.49. The Hall–Kier alpha value is -1.22. The second-order valence-electron chi connectivity index (χ2n) is 5.33. The van der Waals surface area contributed by atoms with Crippen LogP contribution in [-0.2, 0) is 14.8 Å². The van der Waals surface area contributed by atoms with Gasteiger partial charge in [0.25, 0.3) is 0 Å². The van der Waals surface area contributed by atoms with E-state index in [1.165, 1.54) is 19.1 Å². The summed E-state index contributed by atoms with van der Waals surface area (Å²) in [6, 6.07) is 4.06. The first-order valence-electron chi connectivity index (χ1n) is 7.18. The lowest BCUT2D eigenvalue weighted by molar-refractivity contribution is -0.123. The van der Waals surface area contributed by atoms with E-state index in [0.29, 0.717) is 6.54 Å². The minimum Gasteiger partial charge on any atom is -0.351 e. The molecule has 6 nitrogen and oxygen atoms in total. The molecular formula is C14H21ClFN3O3S. The Bertz CT molecular complexity index is 636. The molecule has 23 heavy (non-hydrogen) atoms. The Balaban J connectivity index is 0.00000264. The summed E-state index contributed by atoms with van der Waals surface area (Å²) < 4.78 is 40.0. The molecule has 1 amide bonds. The predicted octanol–water partition coefficient (Wildman–Crippen LogP) is 0.782. The number of halogens is 2. The summed E-state index contributed by atoms with van der Waals surface area (Å²) in [7, 11) is -4.08. The SMILES string of the molecule is CC(NS(=O)(=O)c1ccccc1F)C(=O)N[C@H]1CCCNC1.Cl. The van der Waals surface area contributed by atoms with Crippen molar-refractivity contribution in [3.63, 3.8) is 0 Å². The first-order chi connectivity index (χ1) is 10.4. The van der Waals surface area contributed by atoms with Gasteiger partial charge in [-0.05, 0) is 38.4 Å². The third kappa shape index (κ3) is 5.42. The van der Waals surface area contributed by atoms with Gasteiger partial charge in [-0.15, -0.1) is 12.4 Å². The van der Waals surface area contributed by atoms with E-state index in [1.54, 1.807) is 0 Å². The summed E-state index contributed by atoms with van der Waals surface area (Å²) in [5, 5.41) is 5.94. The Labute approximate surface area is 141 Å². The van der Waals surface area contributed by atoms with Crippen LogP contribution in [0.3, 0.4) is 0 Å². The molecule has 0 aliphatic carbocycles. The van der Waals surface area contributed by atoms with Crippen LogP contribution in [0.4, 0.5) is 4.39 Å². The number of carbonyl (C=O) groups is 1. The first-order valence-corrected chi connectivity index (χ1v) is 8.66. The van der Waals surface area contributed by atoms with Crippen molar-refractivity contribution in [2.24, 2.45) is 0 Å². The lowest BCUT2D eigenvalue weighted by Gasteiger charge is -2.25. The van der Waals surface area contributed by atoms with Crippen LogP contribution >= 0.6 is 12.4 Å². The van der Waals surface area contributed by atoms with Gasteiger partial charge in [-0.25, -0.2) is 12.8 Å². The Kier molecular flexibility index (Phi) is 7.40. The molecule has 9 heteroatoms. The number of amides is 1. The number of piperidine rings is 1. The molecule has 1 saturated heterocycles. The van der Waals surface area contributed by atoms with Crippen molar-refractivity contribution in [3.05, 3.63) is 30.1 Å². The number of benzene rings is 1. The van der Waals surface area contributed by atoms with Crippen LogP contribution in [0.15, 0.2) is 29.2 Å². The van der Waals surface area contributed by atoms with E-state index in [1.807, 2.05) is 0 Å². The van der Waals surface area contributed by atoms with Gasteiger partial charge in [-0.2, -0.15) is 4.72 Å². The number of carbonyl (C=O) groups excluding carboxylic acids is 1. The van der Waals surface area contributed by atoms with Crippen molar-refractivity contribution in [1.82, 2.24) is 15.4 Å². The third-order valence-corrected chi connectivity index (χ3v) is 5.07. The number of hydrogen-bond donors (Lipinski definition) is 3. The summed E-state index contributed by atoms with van der Waals surface area (Å²) in [6.07, 6.45) is 1.81. The van der Waals surface area contributed by atoms with E-state index in [2.05, 4.69) is 15.4 Å². The molecule has 1 aliphatic heterocycles. The molecule has 0 aromatic heterocycles. The predicted molar refractivity (Wildman–Crippen MR) is 87.5 cm³/mol. The normalized spacial score (nSPS) is 19.5. The second-order valence-corrected chi connectivity index (χ2v) is 7.01. The van der Waals surface area contributed by atoms with Crippen LogP contribution in [0.2, 0.25) is 0 Å². The van der Waals surface area contributed by atoms with Crippen molar-refractivity contribution in [2.45, 2.75) is 36.7 Å². The molecule has 0 saturated carbocycles.